The molecule has 174 valence electrons. The van der Waals surface area contributed by atoms with Crippen LogP contribution in [0, 0.1) is 0 Å². The fourth-order valence-electron chi connectivity index (χ4n) is 3.77. The number of halogens is 1. The first-order valence-corrected chi connectivity index (χ1v) is 11.0. The highest BCUT2D eigenvalue weighted by molar-refractivity contribution is 6.30. The topological polar surface area (TPSA) is 77.4 Å². The van der Waals surface area contributed by atoms with Gasteiger partial charge in [-0.25, -0.2) is 5.01 Å². The van der Waals surface area contributed by atoms with E-state index in [0.717, 1.165) is 23.1 Å². The van der Waals surface area contributed by atoms with Crippen LogP contribution in [0.4, 0.5) is 0 Å². The minimum Gasteiger partial charge on any atom is -0.493 e. The van der Waals surface area contributed by atoms with Crippen molar-refractivity contribution in [3.63, 3.8) is 0 Å². The molecule has 0 saturated carbocycles. The molecule has 4 rings (SSSR count). The van der Waals surface area contributed by atoms with Gasteiger partial charge >= 0.3 is 0 Å². The van der Waals surface area contributed by atoms with Crippen LogP contribution >= 0.6 is 11.6 Å². The fraction of sp³-hybridized carbons (Fsp3) is 0.192. The summed E-state index contributed by atoms with van der Waals surface area (Å²) in [6.45, 7) is -0.233. The molecule has 1 heterocycles. The van der Waals surface area contributed by atoms with Crippen LogP contribution in [0.15, 0.2) is 71.8 Å². The van der Waals surface area contributed by atoms with Crippen LogP contribution in [0.3, 0.4) is 0 Å². The molecule has 0 spiro atoms. The first-order chi connectivity index (χ1) is 16.5. The highest BCUT2D eigenvalue weighted by Gasteiger charge is 2.34. The Bertz CT molecular complexity index is 1230. The zero-order chi connectivity index (χ0) is 24.1. The maximum Gasteiger partial charge on any atom is 0.281 e. The molecule has 1 amide bonds. The highest BCUT2D eigenvalue weighted by Crippen LogP contribution is 2.37. The lowest BCUT2D eigenvalue weighted by Crippen LogP contribution is -2.31. The summed E-state index contributed by atoms with van der Waals surface area (Å²) in [6.07, 6.45) is 1.23. The van der Waals surface area contributed by atoms with Crippen molar-refractivity contribution in [1.82, 2.24) is 5.01 Å². The molecule has 8 heteroatoms. The van der Waals surface area contributed by atoms with E-state index in [2.05, 4.69) is 5.10 Å². The summed E-state index contributed by atoms with van der Waals surface area (Å²) >= 11 is 6.04. The van der Waals surface area contributed by atoms with Crippen LogP contribution in [-0.2, 0) is 4.79 Å². The molecule has 0 saturated heterocycles. The van der Waals surface area contributed by atoms with Gasteiger partial charge in [-0.1, -0.05) is 41.9 Å². The maximum absolute atomic E-state index is 13.2. The number of aldehydes is 1. The van der Waals surface area contributed by atoms with Crippen molar-refractivity contribution in [3.8, 4) is 17.2 Å². The van der Waals surface area contributed by atoms with Gasteiger partial charge in [-0.05, 0) is 47.5 Å². The van der Waals surface area contributed by atoms with E-state index < -0.39 is 0 Å². The van der Waals surface area contributed by atoms with Gasteiger partial charge in [-0.15, -0.1) is 0 Å². The first-order valence-electron chi connectivity index (χ1n) is 10.6. The monoisotopic (exact) mass is 478 g/mol. The lowest BCUT2D eigenvalue weighted by atomic mass is 9.98. The number of hydrazone groups is 1. The van der Waals surface area contributed by atoms with Gasteiger partial charge in [0.2, 0.25) is 0 Å². The number of ether oxygens (including phenoxy) is 3. The molecule has 3 aromatic carbocycles. The fourth-order valence-corrected chi connectivity index (χ4v) is 3.89. The minimum atomic E-state index is -0.358. The van der Waals surface area contributed by atoms with Crippen LogP contribution in [0.2, 0.25) is 5.02 Å². The molecule has 7 nitrogen and oxygen atoms in total. The van der Waals surface area contributed by atoms with E-state index in [1.54, 1.807) is 56.7 Å². The molecule has 1 atom stereocenters. The number of hydrogen-bond donors (Lipinski definition) is 0. The number of nitrogens with zero attached hydrogens (tertiary/aromatic N) is 2. The third-order valence-corrected chi connectivity index (χ3v) is 5.74. The average molecular weight is 479 g/mol. The Morgan fingerprint density at radius 3 is 2.53 bits per heavy atom. The summed E-state index contributed by atoms with van der Waals surface area (Å²) in [4.78, 5) is 24.2. The van der Waals surface area contributed by atoms with Gasteiger partial charge in [0.1, 0.15) is 12.0 Å². The normalized spacial score (nSPS) is 15.0. The highest BCUT2D eigenvalue weighted by atomic mass is 35.5. The Labute approximate surface area is 202 Å². The predicted molar refractivity (Wildman–Crippen MR) is 129 cm³/mol. The van der Waals surface area contributed by atoms with E-state index >= 15 is 0 Å². The van der Waals surface area contributed by atoms with Crippen LogP contribution in [0.5, 0.6) is 17.2 Å². The molecule has 34 heavy (non-hydrogen) atoms. The van der Waals surface area contributed by atoms with E-state index in [0.29, 0.717) is 34.3 Å². The number of carbonyl (C=O) groups excluding carboxylic acids is 2. The Morgan fingerprint density at radius 1 is 1.06 bits per heavy atom. The third kappa shape index (κ3) is 5.05. The third-order valence-electron chi connectivity index (χ3n) is 5.49. The number of amides is 1. The number of benzene rings is 3. The summed E-state index contributed by atoms with van der Waals surface area (Å²) in [7, 11) is 3.14. The van der Waals surface area contributed by atoms with E-state index in [9.17, 15) is 9.59 Å². The zero-order valence-corrected chi connectivity index (χ0v) is 19.5. The van der Waals surface area contributed by atoms with Crippen molar-refractivity contribution in [1.29, 1.82) is 0 Å². The lowest BCUT2D eigenvalue weighted by Gasteiger charge is -2.23. The average Bonchev–Trinajstić information content (AvgIpc) is 3.33. The van der Waals surface area contributed by atoms with E-state index in [4.69, 9.17) is 25.8 Å². The molecule has 3 aromatic rings. The van der Waals surface area contributed by atoms with Gasteiger partial charge in [-0.3, -0.25) is 9.59 Å². The smallest absolute Gasteiger partial charge is 0.281 e. The van der Waals surface area contributed by atoms with Gasteiger partial charge in [0.05, 0.1) is 26.0 Å². The zero-order valence-electron chi connectivity index (χ0n) is 18.7. The summed E-state index contributed by atoms with van der Waals surface area (Å²) in [5, 5.41) is 6.70. The minimum absolute atomic E-state index is 0.233. The lowest BCUT2D eigenvalue weighted by molar-refractivity contribution is -0.135. The van der Waals surface area contributed by atoms with Gasteiger partial charge < -0.3 is 14.2 Å². The van der Waals surface area contributed by atoms with Crippen LogP contribution in [0.25, 0.3) is 0 Å². The van der Waals surface area contributed by atoms with E-state index in [1.807, 2.05) is 24.3 Å². The van der Waals surface area contributed by atoms with Gasteiger partial charge in [0, 0.05) is 17.0 Å². The summed E-state index contributed by atoms with van der Waals surface area (Å²) in [5.74, 6) is 1.27. The maximum atomic E-state index is 13.2. The SMILES string of the molecule is COc1ccc(C2CC(c3ccc(Cl)cc3)=NN2C(=O)COc2cccc(C=O)c2)cc1OC. The Kier molecular flexibility index (Phi) is 7.13. The van der Waals surface area contributed by atoms with Crippen LogP contribution < -0.4 is 14.2 Å². The second-order valence-corrected chi connectivity index (χ2v) is 8.04. The molecular formula is C26H23ClN2O5. The second kappa shape index (κ2) is 10.4. The molecule has 0 bridgehead atoms. The number of methoxy groups -OCH3 is 2. The molecule has 1 aliphatic heterocycles. The van der Waals surface area contributed by atoms with Crippen molar-refractivity contribution in [3.05, 3.63) is 88.4 Å². The molecular weight excluding hydrogens is 456 g/mol. The summed E-state index contributed by atoms with van der Waals surface area (Å²) in [6, 6.07) is 19.2. The predicted octanol–water partition coefficient (Wildman–Crippen LogP) is 4.93. The van der Waals surface area contributed by atoms with Crippen molar-refractivity contribution in [2.75, 3.05) is 20.8 Å². The van der Waals surface area contributed by atoms with Gasteiger partial charge in [0.15, 0.2) is 18.1 Å². The Hall–Kier alpha value is -3.84. The van der Waals surface area contributed by atoms with Gasteiger partial charge in [0.25, 0.3) is 5.91 Å². The van der Waals surface area contributed by atoms with E-state index in [1.165, 1.54) is 5.01 Å². The Morgan fingerprint density at radius 2 is 1.82 bits per heavy atom. The molecule has 1 aliphatic rings. The largest absolute Gasteiger partial charge is 0.493 e. The molecule has 1 unspecified atom stereocenters. The van der Waals surface area contributed by atoms with Gasteiger partial charge in [-0.2, -0.15) is 5.10 Å². The standard InChI is InChI=1S/C26H23ClN2O5/c1-32-24-11-8-19(13-25(24)33-2)23-14-22(18-6-9-20(27)10-7-18)28-29(23)26(31)16-34-21-5-3-4-17(12-21)15-30/h3-13,15,23H,14,16H2,1-2H3. The first kappa shape index (κ1) is 23.3. The van der Waals surface area contributed by atoms with Crippen molar-refractivity contribution in [2.45, 2.75) is 12.5 Å². The van der Waals surface area contributed by atoms with Crippen molar-refractivity contribution >= 4 is 29.5 Å². The molecule has 0 aliphatic carbocycles. The summed E-state index contributed by atoms with van der Waals surface area (Å²) in [5.41, 5.74) is 2.96. The number of hydrogen-bond acceptors (Lipinski definition) is 6. The van der Waals surface area contributed by atoms with Crippen molar-refractivity contribution in [2.24, 2.45) is 5.10 Å². The van der Waals surface area contributed by atoms with Crippen molar-refractivity contribution < 1.29 is 23.8 Å². The number of carbonyl (C=O) groups is 2. The van der Waals surface area contributed by atoms with Crippen LogP contribution in [0.1, 0.15) is 33.9 Å². The van der Waals surface area contributed by atoms with Crippen LogP contribution in [-0.4, -0.2) is 43.7 Å². The summed E-state index contributed by atoms with van der Waals surface area (Å²) < 4.78 is 16.5. The quantitative estimate of drug-likeness (QED) is 0.429. The number of rotatable bonds is 8. The molecule has 0 N–H and O–H groups in total. The van der Waals surface area contributed by atoms with E-state index in [-0.39, 0.29) is 18.6 Å². The second-order valence-electron chi connectivity index (χ2n) is 7.61. The molecule has 0 aromatic heterocycles. The molecule has 0 fully saturated rings. The Balaban J connectivity index is 1.62. The molecule has 0 radical (unpaired) electrons.